The summed E-state index contributed by atoms with van der Waals surface area (Å²) in [5, 5.41) is 2.84. The second-order valence-corrected chi connectivity index (χ2v) is 9.02. The Labute approximate surface area is 158 Å². The number of carbonyl (C=O) groups is 1. The number of carbonyl (C=O) groups excluding carboxylic acids is 1. The number of urea groups is 1. The Morgan fingerprint density at radius 1 is 1.15 bits per heavy atom. The molecule has 0 radical (unpaired) electrons. The molecule has 4 rings (SSSR count). The van der Waals surface area contributed by atoms with Gasteiger partial charge >= 0.3 is 6.03 Å². The number of aromatic nitrogens is 1. The van der Waals surface area contributed by atoms with Crippen LogP contribution in [0, 0.1) is 0 Å². The minimum Gasteiger partial charge on any atom is -0.322 e. The van der Waals surface area contributed by atoms with E-state index < -0.39 is 9.84 Å². The van der Waals surface area contributed by atoms with Crippen molar-refractivity contribution in [3.63, 3.8) is 0 Å². The second-order valence-electron chi connectivity index (χ2n) is 6.95. The number of pyridine rings is 1. The van der Waals surface area contributed by atoms with E-state index in [0.29, 0.717) is 30.1 Å². The molecule has 1 N–H and O–H groups in total. The van der Waals surface area contributed by atoms with Gasteiger partial charge in [-0.3, -0.25) is 9.88 Å². The van der Waals surface area contributed by atoms with E-state index in [-0.39, 0.29) is 11.8 Å². The van der Waals surface area contributed by atoms with Crippen molar-refractivity contribution in [2.24, 2.45) is 0 Å². The van der Waals surface area contributed by atoms with Crippen LogP contribution in [-0.2, 0) is 22.8 Å². The van der Waals surface area contributed by atoms with Crippen molar-refractivity contribution >= 4 is 21.6 Å². The zero-order valence-corrected chi connectivity index (χ0v) is 15.8. The first-order valence-electron chi connectivity index (χ1n) is 9.04. The molecule has 7 nitrogen and oxygen atoms in total. The first kappa shape index (κ1) is 17.9. The van der Waals surface area contributed by atoms with Crippen LogP contribution in [0.5, 0.6) is 0 Å². The van der Waals surface area contributed by atoms with Gasteiger partial charge in [-0.05, 0) is 35.7 Å². The lowest BCUT2D eigenvalue weighted by Gasteiger charge is -2.34. The highest BCUT2D eigenvalue weighted by Crippen LogP contribution is 2.28. The molecule has 0 aliphatic carbocycles. The molecule has 2 aromatic rings. The minimum absolute atomic E-state index is 0.151. The Bertz CT molecular complexity index is 939. The van der Waals surface area contributed by atoms with Crippen molar-refractivity contribution in [3.8, 4) is 0 Å². The van der Waals surface area contributed by atoms with Gasteiger partial charge in [-0.2, -0.15) is 0 Å². The van der Waals surface area contributed by atoms with E-state index in [9.17, 15) is 13.2 Å². The van der Waals surface area contributed by atoms with Gasteiger partial charge in [0.2, 0.25) is 0 Å². The van der Waals surface area contributed by atoms with Crippen molar-refractivity contribution < 1.29 is 13.2 Å². The summed E-state index contributed by atoms with van der Waals surface area (Å²) in [6.07, 6.45) is 4.17. The summed E-state index contributed by atoms with van der Waals surface area (Å²) in [7, 11) is -3.20. The van der Waals surface area contributed by atoms with Gasteiger partial charge in [-0.1, -0.05) is 12.1 Å². The summed E-state index contributed by atoms with van der Waals surface area (Å²) < 4.78 is 24.1. The maximum atomic E-state index is 12.5. The zero-order valence-electron chi connectivity index (χ0n) is 15.0. The number of fused-ring (bicyclic) bond motifs is 1. The van der Waals surface area contributed by atoms with E-state index in [1.807, 2.05) is 18.3 Å². The number of nitrogens with zero attached hydrogens (tertiary/aromatic N) is 3. The smallest absolute Gasteiger partial charge is 0.321 e. The monoisotopic (exact) mass is 386 g/mol. The number of benzene rings is 1. The van der Waals surface area contributed by atoms with Crippen molar-refractivity contribution in [2.75, 3.05) is 37.2 Å². The third-order valence-corrected chi connectivity index (χ3v) is 6.87. The predicted octanol–water partition coefficient (Wildman–Crippen LogP) is 1.76. The number of aryl methyl sites for hydroxylation is 1. The van der Waals surface area contributed by atoms with Crippen LogP contribution in [-0.4, -0.2) is 61.2 Å². The molecule has 3 heterocycles. The summed E-state index contributed by atoms with van der Waals surface area (Å²) in [6.45, 7) is 3.68. The first-order valence-corrected chi connectivity index (χ1v) is 10.7. The van der Waals surface area contributed by atoms with Gasteiger partial charge in [0.15, 0.2) is 9.84 Å². The molecule has 0 atom stereocenters. The average molecular weight is 386 g/mol. The lowest BCUT2D eigenvalue weighted by Crippen LogP contribution is -2.49. The fourth-order valence-electron chi connectivity index (χ4n) is 3.54. The lowest BCUT2D eigenvalue weighted by molar-refractivity contribution is 0.143. The van der Waals surface area contributed by atoms with Crippen molar-refractivity contribution in [3.05, 3.63) is 53.9 Å². The fourth-order valence-corrected chi connectivity index (χ4v) is 5.13. The minimum atomic E-state index is -3.20. The molecule has 8 heteroatoms. The number of anilines is 1. The van der Waals surface area contributed by atoms with Crippen LogP contribution in [0.25, 0.3) is 0 Å². The number of amides is 2. The normalized spacial score (nSPS) is 18.9. The molecule has 0 bridgehead atoms. The SMILES string of the molecule is O=C(Nc1ccc2c(c1)S(=O)(=O)CC2)N1CCN(Cc2cccnc2)CC1. The molecule has 0 unspecified atom stereocenters. The Hall–Kier alpha value is -2.45. The molecule has 2 aliphatic heterocycles. The highest BCUT2D eigenvalue weighted by atomic mass is 32.2. The Kier molecular flexibility index (Phi) is 4.84. The van der Waals surface area contributed by atoms with E-state index in [0.717, 1.165) is 30.8 Å². The van der Waals surface area contributed by atoms with Gasteiger partial charge in [0.25, 0.3) is 0 Å². The first-order chi connectivity index (χ1) is 13.0. The number of nitrogens with one attached hydrogen (secondary N) is 1. The Morgan fingerprint density at radius 2 is 1.96 bits per heavy atom. The Morgan fingerprint density at radius 3 is 2.70 bits per heavy atom. The molecule has 1 saturated heterocycles. The quantitative estimate of drug-likeness (QED) is 0.869. The largest absolute Gasteiger partial charge is 0.322 e. The molecule has 2 aliphatic rings. The van der Waals surface area contributed by atoms with Crippen LogP contribution < -0.4 is 5.32 Å². The topological polar surface area (TPSA) is 82.6 Å². The molecule has 2 amide bonds. The third kappa shape index (κ3) is 3.96. The van der Waals surface area contributed by atoms with Crippen molar-refractivity contribution in [1.82, 2.24) is 14.8 Å². The van der Waals surface area contributed by atoms with Gasteiger partial charge in [-0.25, -0.2) is 13.2 Å². The predicted molar refractivity (Wildman–Crippen MR) is 102 cm³/mol. The van der Waals surface area contributed by atoms with Crippen LogP contribution >= 0.6 is 0 Å². The molecule has 27 heavy (non-hydrogen) atoms. The molecular weight excluding hydrogens is 364 g/mol. The lowest BCUT2D eigenvalue weighted by atomic mass is 10.1. The molecule has 1 aromatic carbocycles. The van der Waals surface area contributed by atoms with Crippen LogP contribution in [0.2, 0.25) is 0 Å². The van der Waals surface area contributed by atoms with Gasteiger partial charge < -0.3 is 10.2 Å². The van der Waals surface area contributed by atoms with E-state index in [1.165, 1.54) is 0 Å². The Balaban J connectivity index is 1.34. The van der Waals surface area contributed by atoms with Crippen molar-refractivity contribution in [1.29, 1.82) is 0 Å². The van der Waals surface area contributed by atoms with E-state index >= 15 is 0 Å². The van der Waals surface area contributed by atoms with Gasteiger partial charge in [0, 0.05) is 50.8 Å². The molecule has 0 saturated carbocycles. The van der Waals surface area contributed by atoms with Gasteiger partial charge in [-0.15, -0.1) is 0 Å². The fraction of sp³-hybridized carbons (Fsp3) is 0.368. The number of hydrogen-bond donors (Lipinski definition) is 1. The summed E-state index contributed by atoms with van der Waals surface area (Å²) >= 11 is 0. The molecule has 142 valence electrons. The molecule has 1 aromatic heterocycles. The van der Waals surface area contributed by atoms with E-state index in [2.05, 4.69) is 15.2 Å². The number of rotatable bonds is 3. The van der Waals surface area contributed by atoms with Crippen LogP contribution in [0.3, 0.4) is 0 Å². The van der Waals surface area contributed by atoms with Crippen LogP contribution in [0.15, 0.2) is 47.6 Å². The van der Waals surface area contributed by atoms with E-state index in [4.69, 9.17) is 0 Å². The molecule has 1 fully saturated rings. The second kappa shape index (κ2) is 7.28. The zero-order chi connectivity index (χ0) is 18.9. The molecule has 0 spiro atoms. The highest BCUT2D eigenvalue weighted by molar-refractivity contribution is 7.91. The number of sulfone groups is 1. The number of piperazine rings is 1. The van der Waals surface area contributed by atoms with Crippen LogP contribution in [0.4, 0.5) is 10.5 Å². The maximum absolute atomic E-state index is 12.5. The molecular formula is C19H22N4O3S. The summed E-state index contributed by atoms with van der Waals surface area (Å²) in [4.78, 5) is 21.1. The van der Waals surface area contributed by atoms with E-state index in [1.54, 1.807) is 29.3 Å². The summed E-state index contributed by atoms with van der Waals surface area (Å²) in [5.41, 5.74) is 2.52. The highest BCUT2D eigenvalue weighted by Gasteiger charge is 2.27. The standard InChI is InChI=1S/C19H22N4O3S/c24-19(21-17-4-3-16-5-11-27(25,26)18(16)12-17)23-9-7-22(8-10-23)14-15-2-1-6-20-13-15/h1-4,6,12-13H,5,7-11,14H2,(H,21,24). The summed E-state index contributed by atoms with van der Waals surface area (Å²) in [5.74, 6) is 0.151. The van der Waals surface area contributed by atoms with Gasteiger partial charge in [0.1, 0.15) is 0 Å². The maximum Gasteiger partial charge on any atom is 0.321 e. The summed E-state index contributed by atoms with van der Waals surface area (Å²) in [6, 6.07) is 8.93. The number of hydrogen-bond acceptors (Lipinski definition) is 5. The van der Waals surface area contributed by atoms with Crippen molar-refractivity contribution in [2.45, 2.75) is 17.9 Å². The van der Waals surface area contributed by atoms with Crippen LogP contribution in [0.1, 0.15) is 11.1 Å². The third-order valence-electron chi connectivity index (χ3n) is 5.08. The van der Waals surface area contributed by atoms with Gasteiger partial charge in [0.05, 0.1) is 10.6 Å². The average Bonchev–Trinajstić information content (AvgIpc) is 2.98.